The number of hydrogen-bond acceptors (Lipinski definition) is 4. The summed E-state index contributed by atoms with van der Waals surface area (Å²) in [5.74, 6) is -0.219. The first kappa shape index (κ1) is 18.9. The minimum atomic E-state index is -3.56. The van der Waals surface area contributed by atoms with Crippen molar-refractivity contribution in [3.05, 3.63) is 29.3 Å². The maximum absolute atomic E-state index is 12.9. The van der Waals surface area contributed by atoms with E-state index >= 15 is 0 Å². The van der Waals surface area contributed by atoms with E-state index in [9.17, 15) is 13.2 Å². The molecule has 2 rings (SSSR count). The molecule has 0 aromatic heterocycles. The minimum Gasteiger partial charge on any atom is -0.338 e. The number of likely N-dealkylation sites (N-methyl/N-ethyl adjacent to an activating group) is 1. The van der Waals surface area contributed by atoms with E-state index in [1.807, 2.05) is 6.92 Å². The molecule has 0 spiro atoms. The predicted octanol–water partition coefficient (Wildman–Crippen LogP) is 1.59. The molecule has 0 bridgehead atoms. The summed E-state index contributed by atoms with van der Waals surface area (Å²) in [5.41, 5.74) is 6.65. The second-order valence-electron chi connectivity index (χ2n) is 6.45. The standard InChI is InChI=1S/C17H27N3O3S/c1-13-7-8-15(17(21)19(3)14(2)12-18)11-16(13)24(22,23)20-9-5-4-6-10-20/h7-8,11,14H,4-6,9-10,12,18H2,1-3H3. The number of carbonyl (C=O) groups excluding carboxylic acids is 1. The van der Waals surface area contributed by atoms with Crippen LogP contribution in [0.15, 0.2) is 23.1 Å². The summed E-state index contributed by atoms with van der Waals surface area (Å²) in [5, 5.41) is 0. The highest BCUT2D eigenvalue weighted by atomic mass is 32.2. The minimum absolute atomic E-state index is 0.110. The van der Waals surface area contributed by atoms with Gasteiger partial charge in [-0.15, -0.1) is 0 Å². The van der Waals surface area contributed by atoms with Crippen LogP contribution >= 0.6 is 0 Å². The molecule has 1 unspecified atom stereocenters. The fourth-order valence-electron chi connectivity index (χ4n) is 2.82. The molecule has 1 amide bonds. The van der Waals surface area contributed by atoms with Gasteiger partial charge >= 0.3 is 0 Å². The van der Waals surface area contributed by atoms with Crippen molar-refractivity contribution < 1.29 is 13.2 Å². The summed E-state index contributed by atoms with van der Waals surface area (Å²) >= 11 is 0. The van der Waals surface area contributed by atoms with Crippen LogP contribution in [0.1, 0.15) is 42.1 Å². The topological polar surface area (TPSA) is 83.7 Å². The van der Waals surface area contributed by atoms with E-state index in [-0.39, 0.29) is 16.8 Å². The average Bonchev–Trinajstić information content (AvgIpc) is 2.60. The van der Waals surface area contributed by atoms with Gasteiger partial charge in [-0.05, 0) is 44.4 Å². The van der Waals surface area contributed by atoms with Crippen LogP contribution in [-0.4, -0.2) is 56.3 Å². The summed E-state index contributed by atoms with van der Waals surface area (Å²) in [6.07, 6.45) is 2.83. The molecule has 1 saturated heterocycles. The second-order valence-corrected chi connectivity index (χ2v) is 8.35. The van der Waals surface area contributed by atoms with Gasteiger partial charge < -0.3 is 10.6 Å². The van der Waals surface area contributed by atoms with Crippen molar-refractivity contribution in [1.82, 2.24) is 9.21 Å². The molecule has 2 N–H and O–H groups in total. The SMILES string of the molecule is Cc1ccc(C(=O)N(C)C(C)CN)cc1S(=O)(=O)N1CCCCC1. The zero-order valence-electron chi connectivity index (χ0n) is 14.7. The van der Waals surface area contributed by atoms with Gasteiger partial charge in [0.15, 0.2) is 0 Å². The zero-order valence-corrected chi connectivity index (χ0v) is 15.5. The fourth-order valence-corrected chi connectivity index (χ4v) is 4.59. The van der Waals surface area contributed by atoms with Gasteiger partial charge in [0.25, 0.3) is 5.91 Å². The molecule has 1 heterocycles. The van der Waals surface area contributed by atoms with Crippen molar-refractivity contribution in [2.45, 2.75) is 44.0 Å². The summed E-state index contributed by atoms with van der Waals surface area (Å²) < 4.78 is 27.4. The lowest BCUT2D eigenvalue weighted by atomic mass is 10.1. The van der Waals surface area contributed by atoms with E-state index < -0.39 is 10.0 Å². The van der Waals surface area contributed by atoms with Gasteiger partial charge in [0.2, 0.25) is 10.0 Å². The molecule has 0 radical (unpaired) electrons. The lowest BCUT2D eigenvalue weighted by molar-refractivity contribution is 0.0748. The molecule has 6 nitrogen and oxygen atoms in total. The Morgan fingerprint density at radius 2 is 1.92 bits per heavy atom. The average molecular weight is 353 g/mol. The molecule has 1 aromatic rings. The van der Waals surface area contributed by atoms with Crippen molar-refractivity contribution in [2.24, 2.45) is 5.73 Å². The van der Waals surface area contributed by atoms with Crippen molar-refractivity contribution in [3.8, 4) is 0 Å². The van der Waals surface area contributed by atoms with E-state index in [2.05, 4.69) is 0 Å². The first-order chi connectivity index (χ1) is 11.3. The largest absolute Gasteiger partial charge is 0.338 e. The van der Waals surface area contributed by atoms with E-state index in [1.165, 1.54) is 10.4 Å². The van der Waals surface area contributed by atoms with Crippen LogP contribution in [0.5, 0.6) is 0 Å². The summed E-state index contributed by atoms with van der Waals surface area (Å²) in [6, 6.07) is 4.76. The Kier molecular flexibility index (Phi) is 6.01. The lowest BCUT2D eigenvalue weighted by Gasteiger charge is -2.27. The maximum atomic E-state index is 12.9. The first-order valence-electron chi connectivity index (χ1n) is 8.37. The molecule has 0 aliphatic carbocycles. The third-order valence-electron chi connectivity index (χ3n) is 4.69. The van der Waals surface area contributed by atoms with Crippen molar-refractivity contribution >= 4 is 15.9 Å². The monoisotopic (exact) mass is 353 g/mol. The van der Waals surface area contributed by atoms with Crippen LogP contribution in [-0.2, 0) is 10.0 Å². The number of hydrogen-bond donors (Lipinski definition) is 1. The molecule has 24 heavy (non-hydrogen) atoms. The zero-order chi connectivity index (χ0) is 17.9. The van der Waals surface area contributed by atoms with Crippen LogP contribution in [0.2, 0.25) is 0 Å². The Balaban J connectivity index is 2.36. The fraction of sp³-hybridized carbons (Fsp3) is 0.588. The van der Waals surface area contributed by atoms with Gasteiger partial charge in [-0.1, -0.05) is 12.5 Å². The van der Waals surface area contributed by atoms with Crippen LogP contribution in [0, 0.1) is 6.92 Å². The molecular weight excluding hydrogens is 326 g/mol. The Morgan fingerprint density at radius 3 is 2.50 bits per heavy atom. The highest BCUT2D eigenvalue weighted by molar-refractivity contribution is 7.89. The van der Waals surface area contributed by atoms with Crippen LogP contribution < -0.4 is 5.73 Å². The Morgan fingerprint density at radius 1 is 1.29 bits per heavy atom. The van der Waals surface area contributed by atoms with Crippen molar-refractivity contribution in [2.75, 3.05) is 26.7 Å². The molecule has 1 fully saturated rings. The number of sulfonamides is 1. The molecular formula is C17H27N3O3S. The van der Waals surface area contributed by atoms with Gasteiger partial charge in [0.1, 0.15) is 0 Å². The highest BCUT2D eigenvalue weighted by Gasteiger charge is 2.28. The molecule has 0 saturated carbocycles. The first-order valence-corrected chi connectivity index (χ1v) is 9.81. The Labute approximate surface area is 144 Å². The van der Waals surface area contributed by atoms with Crippen molar-refractivity contribution in [1.29, 1.82) is 0 Å². The Bertz CT molecular complexity index is 697. The van der Waals surface area contributed by atoms with Gasteiger partial charge in [0.05, 0.1) is 4.90 Å². The highest BCUT2D eigenvalue weighted by Crippen LogP contribution is 2.25. The van der Waals surface area contributed by atoms with E-state index in [1.54, 1.807) is 31.0 Å². The summed E-state index contributed by atoms with van der Waals surface area (Å²) in [7, 11) is -1.88. The predicted molar refractivity (Wildman–Crippen MR) is 94.4 cm³/mol. The van der Waals surface area contributed by atoms with Crippen molar-refractivity contribution in [3.63, 3.8) is 0 Å². The number of aryl methyl sites for hydroxylation is 1. The van der Waals surface area contributed by atoms with Crippen LogP contribution in [0.25, 0.3) is 0 Å². The van der Waals surface area contributed by atoms with Gasteiger partial charge in [0, 0.05) is 38.3 Å². The molecule has 7 heteroatoms. The van der Waals surface area contributed by atoms with Crippen LogP contribution in [0.4, 0.5) is 0 Å². The molecule has 1 atom stereocenters. The number of rotatable bonds is 5. The number of piperidine rings is 1. The lowest BCUT2D eigenvalue weighted by Crippen LogP contribution is -2.40. The van der Waals surface area contributed by atoms with Crippen LogP contribution in [0.3, 0.4) is 0 Å². The number of carbonyl (C=O) groups is 1. The van der Waals surface area contributed by atoms with E-state index in [0.29, 0.717) is 30.8 Å². The number of amides is 1. The second kappa shape index (κ2) is 7.63. The summed E-state index contributed by atoms with van der Waals surface area (Å²) in [4.78, 5) is 14.3. The Hall–Kier alpha value is -1.44. The third kappa shape index (κ3) is 3.79. The molecule has 1 aliphatic rings. The molecule has 1 aliphatic heterocycles. The quantitative estimate of drug-likeness (QED) is 0.871. The summed E-state index contributed by atoms with van der Waals surface area (Å²) in [6.45, 7) is 5.07. The van der Waals surface area contributed by atoms with Gasteiger partial charge in [-0.2, -0.15) is 4.31 Å². The molecule has 1 aromatic carbocycles. The van der Waals surface area contributed by atoms with E-state index in [4.69, 9.17) is 5.73 Å². The third-order valence-corrected chi connectivity index (χ3v) is 6.73. The van der Waals surface area contributed by atoms with Gasteiger partial charge in [-0.25, -0.2) is 8.42 Å². The van der Waals surface area contributed by atoms with E-state index in [0.717, 1.165) is 19.3 Å². The number of nitrogens with two attached hydrogens (primary N) is 1. The number of nitrogens with zero attached hydrogens (tertiary/aromatic N) is 2. The maximum Gasteiger partial charge on any atom is 0.253 e. The normalized spacial score (nSPS) is 17.5. The molecule has 134 valence electrons. The smallest absolute Gasteiger partial charge is 0.253 e. The number of benzene rings is 1. The van der Waals surface area contributed by atoms with Gasteiger partial charge in [-0.3, -0.25) is 4.79 Å².